The molecule has 0 spiro atoms. The number of rotatable bonds is 12. The fourth-order valence-electron chi connectivity index (χ4n) is 1.96. The molecule has 0 saturated carbocycles. The molecular weight excluding hydrogens is 392 g/mol. The second-order valence-electron chi connectivity index (χ2n) is 5.11. The average molecular weight is 417 g/mol. The third kappa shape index (κ3) is 9.34. The summed E-state index contributed by atoms with van der Waals surface area (Å²) in [6.45, 7) is 5.17. The molecule has 0 atom stereocenters. The summed E-state index contributed by atoms with van der Waals surface area (Å²) in [6.07, 6.45) is 1.83. The molecule has 0 unspecified atom stereocenters. The molecule has 0 N–H and O–H groups in total. The highest BCUT2D eigenvalue weighted by molar-refractivity contribution is 9.10. The molecule has 0 amide bonds. The summed E-state index contributed by atoms with van der Waals surface area (Å²) >= 11 is 3.42. The molecule has 1 rings (SSSR count). The molecule has 0 aliphatic heterocycles. The normalized spacial score (nSPS) is 10.2. The molecule has 0 radical (unpaired) electrons. The van der Waals surface area contributed by atoms with Crippen LogP contribution in [0.5, 0.6) is 11.5 Å². The molecule has 1 aromatic carbocycles. The molecule has 0 aliphatic rings. The largest absolute Gasteiger partial charge is 0.493 e. The van der Waals surface area contributed by atoms with Crippen molar-refractivity contribution in [2.24, 2.45) is 0 Å². The number of hydrogen-bond donors (Lipinski definition) is 0. The van der Waals surface area contributed by atoms with Crippen LogP contribution in [-0.2, 0) is 19.1 Å². The van der Waals surface area contributed by atoms with E-state index in [2.05, 4.69) is 15.9 Å². The van der Waals surface area contributed by atoms with E-state index < -0.39 is 0 Å². The van der Waals surface area contributed by atoms with Gasteiger partial charge in [0.25, 0.3) is 0 Å². The number of halogens is 1. The lowest BCUT2D eigenvalue weighted by Gasteiger charge is -2.11. The van der Waals surface area contributed by atoms with Crippen molar-refractivity contribution < 1.29 is 28.5 Å². The second kappa shape index (κ2) is 12.6. The van der Waals surface area contributed by atoms with Gasteiger partial charge >= 0.3 is 11.9 Å². The molecule has 25 heavy (non-hydrogen) atoms. The third-order valence-corrected chi connectivity index (χ3v) is 3.75. The predicted molar refractivity (Wildman–Crippen MR) is 96.9 cm³/mol. The minimum atomic E-state index is -0.219. The van der Waals surface area contributed by atoms with E-state index >= 15 is 0 Å². The molecule has 1 aromatic rings. The van der Waals surface area contributed by atoms with Crippen LogP contribution < -0.4 is 9.47 Å². The van der Waals surface area contributed by atoms with Gasteiger partial charge < -0.3 is 18.9 Å². The van der Waals surface area contributed by atoms with Crippen molar-refractivity contribution in [2.75, 3.05) is 26.4 Å². The van der Waals surface area contributed by atoms with Gasteiger partial charge in [0.1, 0.15) is 11.5 Å². The molecule has 0 aliphatic carbocycles. The second-order valence-corrected chi connectivity index (χ2v) is 5.96. The number of carbonyl (C=O) groups is 2. The van der Waals surface area contributed by atoms with Gasteiger partial charge in [-0.3, -0.25) is 9.59 Å². The first-order valence-corrected chi connectivity index (χ1v) is 9.22. The standard InChI is InChI=1S/C18H25BrO6/c1-3-22-17(20)7-5-11-24-14-9-10-15(19)16(13-14)25-12-6-8-18(21)23-4-2/h9-10,13H,3-8,11-12H2,1-2H3. The third-order valence-electron chi connectivity index (χ3n) is 3.09. The number of carbonyl (C=O) groups excluding carboxylic acids is 2. The van der Waals surface area contributed by atoms with Crippen LogP contribution in [0, 0.1) is 0 Å². The zero-order valence-corrected chi connectivity index (χ0v) is 16.3. The number of ether oxygens (including phenoxy) is 4. The van der Waals surface area contributed by atoms with Crippen LogP contribution in [0.3, 0.4) is 0 Å². The van der Waals surface area contributed by atoms with Crippen molar-refractivity contribution in [1.29, 1.82) is 0 Å². The van der Waals surface area contributed by atoms with Gasteiger partial charge in [-0.2, -0.15) is 0 Å². The molecule has 0 fully saturated rings. The van der Waals surface area contributed by atoms with E-state index in [4.69, 9.17) is 18.9 Å². The minimum Gasteiger partial charge on any atom is -0.493 e. The monoisotopic (exact) mass is 416 g/mol. The van der Waals surface area contributed by atoms with Crippen LogP contribution in [0.4, 0.5) is 0 Å². The first kappa shape index (κ1) is 21.3. The smallest absolute Gasteiger partial charge is 0.305 e. The van der Waals surface area contributed by atoms with Gasteiger partial charge in [0, 0.05) is 18.9 Å². The highest BCUT2D eigenvalue weighted by Gasteiger charge is 2.07. The van der Waals surface area contributed by atoms with Crippen LogP contribution in [0.15, 0.2) is 22.7 Å². The Bertz CT molecular complexity index is 546. The van der Waals surface area contributed by atoms with E-state index in [-0.39, 0.29) is 11.9 Å². The highest BCUT2D eigenvalue weighted by atomic mass is 79.9. The van der Waals surface area contributed by atoms with Crippen molar-refractivity contribution in [3.8, 4) is 11.5 Å². The maximum Gasteiger partial charge on any atom is 0.305 e. The maximum absolute atomic E-state index is 11.3. The van der Waals surface area contributed by atoms with Crippen LogP contribution >= 0.6 is 15.9 Å². The molecule has 7 heteroatoms. The molecule has 140 valence electrons. The van der Waals surface area contributed by atoms with Crippen molar-refractivity contribution in [3.63, 3.8) is 0 Å². The first-order chi connectivity index (χ1) is 12.1. The van der Waals surface area contributed by atoms with E-state index in [1.54, 1.807) is 19.9 Å². The summed E-state index contributed by atoms with van der Waals surface area (Å²) in [5.74, 6) is 0.871. The Morgan fingerprint density at radius 1 is 0.920 bits per heavy atom. The number of hydrogen-bond acceptors (Lipinski definition) is 6. The molecule has 0 bridgehead atoms. The SMILES string of the molecule is CCOC(=O)CCCOc1ccc(Br)c(OCCCC(=O)OCC)c1. The Morgan fingerprint density at radius 3 is 2.04 bits per heavy atom. The highest BCUT2D eigenvalue weighted by Crippen LogP contribution is 2.29. The summed E-state index contributed by atoms with van der Waals surface area (Å²) in [5, 5.41) is 0. The fraction of sp³-hybridized carbons (Fsp3) is 0.556. The average Bonchev–Trinajstić information content (AvgIpc) is 2.58. The number of esters is 2. The summed E-state index contributed by atoms with van der Waals surface area (Å²) < 4.78 is 21.8. The number of benzene rings is 1. The molecule has 0 saturated heterocycles. The topological polar surface area (TPSA) is 71.1 Å². The van der Waals surface area contributed by atoms with Crippen molar-refractivity contribution in [2.45, 2.75) is 39.5 Å². The van der Waals surface area contributed by atoms with Gasteiger partial charge in [-0.05, 0) is 54.8 Å². The lowest BCUT2D eigenvalue weighted by atomic mass is 10.3. The van der Waals surface area contributed by atoms with Gasteiger partial charge in [0.05, 0.1) is 30.9 Å². The quantitative estimate of drug-likeness (QED) is 0.380. The van der Waals surface area contributed by atoms with E-state index in [0.29, 0.717) is 63.6 Å². The van der Waals surface area contributed by atoms with Gasteiger partial charge in [-0.25, -0.2) is 0 Å². The minimum absolute atomic E-state index is 0.215. The van der Waals surface area contributed by atoms with Gasteiger partial charge in [0.2, 0.25) is 0 Å². The lowest BCUT2D eigenvalue weighted by molar-refractivity contribution is -0.144. The van der Waals surface area contributed by atoms with Crippen molar-refractivity contribution in [3.05, 3.63) is 22.7 Å². The Balaban J connectivity index is 2.35. The van der Waals surface area contributed by atoms with E-state index in [0.717, 1.165) is 4.47 Å². The Kier molecular flexibility index (Phi) is 10.7. The van der Waals surface area contributed by atoms with Crippen molar-refractivity contribution in [1.82, 2.24) is 0 Å². The first-order valence-electron chi connectivity index (χ1n) is 8.43. The molecule has 0 heterocycles. The van der Waals surface area contributed by atoms with Crippen LogP contribution in [0.25, 0.3) is 0 Å². The summed E-state index contributed by atoms with van der Waals surface area (Å²) in [7, 11) is 0. The van der Waals surface area contributed by atoms with Crippen molar-refractivity contribution >= 4 is 27.9 Å². The predicted octanol–water partition coefficient (Wildman–Crippen LogP) is 3.89. The van der Waals surface area contributed by atoms with Crippen LogP contribution in [0.1, 0.15) is 39.5 Å². The van der Waals surface area contributed by atoms with E-state index in [1.807, 2.05) is 12.1 Å². The lowest BCUT2D eigenvalue weighted by Crippen LogP contribution is -2.07. The summed E-state index contributed by atoms with van der Waals surface area (Å²) in [5.41, 5.74) is 0. The summed E-state index contributed by atoms with van der Waals surface area (Å²) in [6, 6.07) is 5.43. The Labute approximate surface area is 156 Å². The molecule has 6 nitrogen and oxygen atoms in total. The maximum atomic E-state index is 11.3. The van der Waals surface area contributed by atoms with Gasteiger partial charge in [0.15, 0.2) is 0 Å². The summed E-state index contributed by atoms with van der Waals surface area (Å²) in [4.78, 5) is 22.5. The van der Waals surface area contributed by atoms with Crippen LogP contribution in [-0.4, -0.2) is 38.4 Å². The van der Waals surface area contributed by atoms with E-state index in [9.17, 15) is 9.59 Å². The Hall–Kier alpha value is -1.76. The van der Waals surface area contributed by atoms with Gasteiger partial charge in [-0.1, -0.05) is 0 Å². The van der Waals surface area contributed by atoms with Crippen LogP contribution in [0.2, 0.25) is 0 Å². The van der Waals surface area contributed by atoms with E-state index in [1.165, 1.54) is 0 Å². The zero-order chi connectivity index (χ0) is 18.5. The molecule has 0 aromatic heterocycles. The molecular formula is C18H25BrO6. The van der Waals surface area contributed by atoms with Gasteiger partial charge in [-0.15, -0.1) is 0 Å². The zero-order valence-electron chi connectivity index (χ0n) is 14.7. The Morgan fingerprint density at radius 2 is 1.48 bits per heavy atom. The fourth-order valence-corrected chi connectivity index (χ4v) is 2.32.